The van der Waals surface area contributed by atoms with E-state index in [9.17, 15) is 5.11 Å². The first-order chi connectivity index (χ1) is 9.82. The molecule has 2 aromatic rings. The molecular formula is C16H14BrCl2NO. The Bertz CT molecular complexity index is 713. The topological polar surface area (TPSA) is 32.6 Å². The third-order valence-electron chi connectivity index (χ3n) is 3.35. The Morgan fingerprint density at radius 3 is 2.43 bits per heavy atom. The summed E-state index contributed by atoms with van der Waals surface area (Å²) < 4.78 is 0.590. The minimum absolute atomic E-state index is 0.143. The van der Waals surface area contributed by atoms with Gasteiger partial charge >= 0.3 is 0 Å². The summed E-state index contributed by atoms with van der Waals surface area (Å²) in [6.07, 6.45) is 1.62. The number of nitrogens with zero attached hydrogens (tertiary/aromatic N) is 1. The quantitative estimate of drug-likeness (QED) is 0.618. The molecule has 5 heteroatoms. The smallest absolute Gasteiger partial charge is 0.139 e. The van der Waals surface area contributed by atoms with Gasteiger partial charge in [0.1, 0.15) is 5.75 Å². The van der Waals surface area contributed by atoms with Gasteiger partial charge in [-0.2, -0.15) is 0 Å². The minimum Gasteiger partial charge on any atom is -0.506 e. The van der Waals surface area contributed by atoms with Crippen molar-refractivity contribution >= 4 is 51.0 Å². The van der Waals surface area contributed by atoms with Crippen LogP contribution in [0.25, 0.3) is 0 Å². The van der Waals surface area contributed by atoms with Crippen LogP contribution in [-0.2, 0) is 0 Å². The maximum absolute atomic E-state index is 10.3. The lowest BCUT2D eigenvalue weighted by Crippen LogP contribution is -1.94. The number of aryl methyl sites for hydroxylation is 1. The van der Waals surface area contributed by atoms with Crippen molar-refractivity contribution < 1.29 is 5.11 Å². The summed E-state index contributed by atoms with van der Waals surface area (Å²) >= 11 is 15.6. The Balaban J connectivity index is 2.51. The third kappa shape index (κ3) is 3.25. The second-order valence-electron chi connectivity index (χ2n) is 4.83. The third-order valence-corrected chi connectivity index (χ3v) is 5.12. The molecule has 0 aliphatic rings. The molecule has 110 valence electrons. The lowest BCUT2D eigenvalue weighted by Gasteiger charge is -2.12. The van der Waals surface area contributed by atoms with Gasteiger partial charge < -0.3 is 5.11 Å². The van der Waals surface area contributed by atoms with Crippen molar-refractivity contribution in [3.8, 4) is 5.75 Å². The molecule has 0 amide bonds. The highest BCUT2D eigenvalue weighted by Gasteiger charge is 2.15. The molecule has 21 heavy (non-hydrogen) atoms. The lowest BCUT2D eigenvalue weighted by atomic mass is 10.0. The Labute approximate surface area is 142 Å². The molecule has 0 saturated heterocycles. The number of hydrogen-bond acceptors (Lipinski definition) is 2. The van der Waals surface area contributed by atoms with E-state index in [1.165, 1.54) is 0 Å². The Morgan fingerprint density at radius 1 is 1.14 bits per heavy atom. The van der Waals surface area contributed by atoms with Crippen molar-refractivity contribution in [3.63, 3.8) is 0 Å². The highest BCUT2D eigenvalue weighted by atomic mass is 79.9. The molecule has 0 fully saturated rings. The number of halogens is 3. The molecule has 2 nitrogen and oxygen atoms in total. The molecule has 0 atom stereocenters. The van der Waals surface area contributed by atoms with Crippen LogP contribution in [0.3, 0.4) is 0 Å². The number of phenolic OH excluding ortho intramolecular Hbond substituents is 1. The summed E-state index contributed by atoms with van der Waals surface area (Å²) in [6, 6.07) is 5.47. The Kier molecular flexibility index (Phi) is 4.97. The van der Waals surface area contributed by atoms with Gasteiger partial charge in [-0.3, -0.25) is 4.99 Å². The first-order valence-electron chi connectivity index (χ1n) is 6.30. The van der Waals surface area contributed by atoms with E-state index in [1.807, 2.05) is 32.9 Å². The van der Waals surface area contributed by atoms with Crippen molar-refractivity contribution in [1.29, 1.82) is 0 Å². The summed E-state index contributed by atoms with van der Waals surface area (Å²) in [6.45, 7) is 5.64. The molecule has 0 saturated carbocycles. The molecule has 0 heterocycles. The maximum atomic E-state index is 10.3. The summed E-state index contributed by atoms with van der Waals surface area (Å²) in [7, 11) is 0. The van der Waals surface area contributed by atoms with Gasteiger partial charge in [-0.1, -0.05) is 23.2 Å². The first-order valence-corrected chi connectivity index (χ1v) is 7.85. The summed E-state index contributed by atoms with van der Waals surface area (Å²) in [4.78, 5) is 4.43. The number of aliphatic imine (C=N–C) groups is 1. The number of rotatable bonds is 2. The minimum atomic E-state index is 0.143. The summed E-state index contributed by atoms with van der Waals surface area (Å²) in [5, 5.41) is 11.5. The molecule has 0 aromatic heterocycles. The van der Waals surface area contributed by atoms with Gasteiger partial charge in [0, 0.05) is 21.8 Å². The molecule has 2 aromatic carbocycles. The van der Waals surface area contributed by atoms with Gasteiger partial charge in [0.25, 0.3) is 0 Å². The number of aromatic hydroxyl groups is 1. The largest absolute Gasteiger partial charge is 0.506 e. The van der Waals surface area contributed by atoms with E-state index in [2.05, 4.69) is 20.9 Å². The van der Waals surface area contributed by atoms with E-state index in [-0.39, 0.29) is 5.75 Å². The zero-order chi connectivity index (χ0) is 15.7. The normalized spacial score (nSPS) is 11.3. The van der Waals surface area contributed by atoms with Crippen molar-refractivity contribution in [1.82, 2.24) is 0 Å². The zero-order valence-corrected chi connectivity index (χ0v) is 14.9. The van der Waals surface area contributed by atoms with Gasteiger partial charge in [0.2, 0.25) is 0 Å². The highest BCUT2D eigenvalue weighted by Crippen LogP contribution is 2.38. The number of phenols is 1. The van der Waals surface area contributed by atoms with Crippen LogP contribution in [0, 0.1) is 20.8 Å². The van der Waals surface area contributed by atoms with Crippen LogP contribution in [0.15, 0.2) is 27.7 Å². The average molecular weight is 387 g/mol. The van der Waals surface area contributed by atoms with Crippen molar-refractivity contribution in [2.45, 2.75) is 20.8 Å². The Morgan fingerprint density at radius 2 is 1.81 bits per heavy atom. The van der Waals surface area contributed by atoms with E-state index >= 15 is 0 Å². The molecule has 0 radical (unpaired) electrons. The Hall–Kier alpha value is -1.03. The van der Waals surface area contributed by atoms with Gasteiger partial charge in [-0.05, 0) is 71.6 Å². The molecule has 1 N–H and O–H groups in total. The van der Waals surface area contributed by atoms with Crippen LogP contribution >= 0.6 is 39.1 Å². The molecule has 2 rings (SSSR count). The van der Waals surface area contributed by atoms with E-state index in [4.69, 9.17) is 23.2 Å². The predicted molar refractivity (Wildman–Crippen MR) is 93.7 cm³/mol. The van der Waals surface area contributed by atoms with E-state index in [0.29, 0.717) is 20.1 Å². The van der Waals surface area contributed by atoms with Crippen LogP contribution in [0.4, 0.5) is 5.69 Å². The van der Waals surface area contributed by atoms with E-state index in [0.717, 1.165) is 22.4 Å². The fraction of sp³-hybridized carbons (Fsp3) is 0.188. The monoisotopic (exact) mass is 385 g/mol. The average Bonchev–Trinajstić information content (AvgIpc) is 2.45. The van der Waals surface area contributed by atoms with Crippen LogP contribution < -0.4 is 0 Å². The van der Waals surface area contributed by atoms with Gasteiger partial charge in [0.15, 0.2) is 0 Å². The second-order valence-corrected chi connectivity index (χ2v) is 6.44. The maximum Gasteiger partial charge on any atom is 0.139 e. The van der Waals surface area contributed by atoms with Crippen LogP contribution in [0.1, 0.15) is 22.3 Å². The van der Waals surface area contributed by atoms with Crippen LogP contribution in [-0.4, -0.2) is 11.3 Å². The van der Waals surface area contributed by atoms with E-state index in [1.54, 1.807) is 12.3 Å². The van der Waals surface area contributed by atoms with Crippen molar-refractivity contribution in [3.05, 3.63) is 55.0 Å². The van der Waals surface area contributed by atoms with Crippen molar-refractivity contribution in [2.75, 3.05) is 0 Å². The highest BCUT2D eigenvalue weighted by molar-refractivity contribution is 9.10. The SMILES string of the molecule is Cc1cc(Cl)ccc1N=Cc1c(C)c(Cl)c(C)c(Br)c1O. The zero-order valence-electron chi connectivity index (χ0n) is 11.8. The standard InChI is InChI=1S/C16H14BrCl2NO/c1-8-6-11(18)4-5-13(8)20-7-12-9(2)15(19)10(3)14(17)16(12)21/h4-7,21H,1-3H3. The molecule has 0 spiro atoms. The van der Waals surface area contributed by atoms with Gasteiger partial charge in [-0.15, -0.1) is 0 Å². The first kappa shape index (κ1) is 16.3. The summed E-state index contributed by atoms with van der Waals surface area (Å²) in [5.74, 6) is 0.143. The van der Waals surface area contributed by atoms with Gasteiger partial charge in [0.05, 0.1) is 10.2 Å². The molecule has 0 aliphatic heterocycles. The second kappa shape index (κ2) is 6.39. The molecule has 0 bridgehead atoms. The molecular weight excluding hydrogens is 373 g/mol. The summed E-state index contributed by atoms with van der Waals surface area (Å²) in [5.41, 5.74) is 3.97. The fourth-order valence-corrected chi connectivity index (χ4v) is 2.97. The van der Waals surface area contributed by atoms with Gasteiger partial charge in [-0.25, -0.2) is 0 Å². The van der Waals surface area contributed by atoms with Crippen LogP contribution in [0.2, 0.25) is 10.0 Å². The molecule has 0 aliphatic carbocycles. The fourth-order valence-electron chi connectivity index (χ4n) is 2.03. The number of benzene rings is 2. The van der Waals surface area contributed by atoms with Crippen LogP contribution in [0.5, 0.6) is 5.75 Å². The van der Waals surface area contributed by atoms with E-state index < -0.39 is 0 Å². The number of hydrogen-bond donors (Lipinski definition) is 1. The molecule has 0 unspecified atom stereocenters. The lowest BCUT2D eigenvalue weighted by molar-refractivity contribution is 0.470. The van der Waals surface area contributed by atoms with Crippen molar-refractivity contribution in [2.24, 2.45) is 4.99 Å². The predicted octanol–water partition coefficient (Wildman–Crippen LogP) is 6.14.